The molecule has 102 valence electrons. The van der Waals surface area contributed by atoms with Crippen molar-refractivity contribution in [2.24, 2.45) is 5.84 Å². The number of nitrogens with one attached hydrogen (secondary N) is 1. The van der Waals surface area contributed by atoms with E-state index < -0.39 is 0 Å². The highest BCUT2D eigenvalue weighted by molar-refractivity contribution is 9.10. The van der Waals surface area contributed by atoms with Crippen molar-refractivity contribution in [1.29, 1.82) is 0 Å². The summed E-state index contributed by atoms with van der Waals surface area (Å²) >= 11 is 3.56. The van der Waals surface area contributed by atoms with Crippen LogP contribution in [0.15, 0.2) is 41.0 Å². The average Bonchev–Trinajstić information content (AvgIpc) is 2.79. The quantitative estimate of drug-likeness (QED) is 0.657. The molecule has 0 aliphatic rings. The van der Waals surface area contributed by atoms with Gasteiger partial charge in [0, 0.05) is 6.04 Å². The predicted octanol–water partition coefficient (Wildman–Crippen LogP) is 2.97. The van der Waals surface area contributed by atoms with Crippen molar-refractivity contribution in [3.8, 4) is 0 Å². The van der Waals surface area contributed by atoms with Crippen LogP contribution in [0.1, 0.15) is 37.2 Å². The van der Waals surface area contributed by atoms with Crippen LogP contribution in [0.5, 0.6) is 0 Å². The first-order valence-electron chi connectivity index (χ1n) is 6.36. The molecule has 0 saturated carbocycles. The molecular weight excluding hydrogens is 304 g/mol. The van der Waals surface area contributed by atoms with Gasteiger partial charge in [-0.25, -0.2) is 0 Å². The van der Waals surface area contributed by atoms with Crippen molar-refractivity contribution in [2.75, 3.05) is 0 Å². The third-order valence-corrected chi connectivity index (χ3v) is 3.70. The van der Waals surface area contributed by atoms with Crippen molar-refractivity contribution < 1.29 is 0 Å². The van der Waals surface area contributed by atoms with E-state index in [2.05, 4.69) is 52.4 Å². The van der Waals surface area contributed by atoms with Crippen LogP contribution in [0.3, 0.4) is 0 Å². The Balaban J connectivity index is 2.29. The van der Waals surface area contributed by atoms with Gasteiger partial charge in [-0.1, -0.05) is 30.3 Å². The second-order valence-corrected chi connectivity index (χ2v) is 5.68. The van der Waals surface area contributed by atoms with Crippen molar-refractivity contribution in [1.82, 2.24) is 15.2 Å². The van der Waals surface area contributed by atoms with Crippen molar-refractivity contribution in [2.45, 2.75) is 32.4 Å². The van der Waals surface area contributed by atoms with Crippen molar-refractivity contribution in [3.63, 3.8) is 0 Å². The fraction of sp³-hybridized carbons (Fsp3) is 0.357. The Morgan fingerprint density at radius 3 is 2.58 bits per heavy atom. The van der Waals surface area contributed by atoms with Gasteiger partial charge >= 0.3 is 0 Å². The molecule has 3 N–H and O–H groups in total. The standard InChI is InChI=1S/C14H19BrN4/c1-10(2)19-14(12(15)9-17-19)13(18-16)8-11-6-4-3-5-7-11/h3-7,9-10,13,18H,8,16H2,1-2H3. The maximum atomic E-state index is 5.74. The Kier molecular flexibility index (Phi) is 4.74. The van der Waals surface area contributed by atoms with Gasteiger partial charge in [0.15, 0.2) is 0 Å². The van der Waals surface area contributed by atoms with Gasteiger partial charge in [0.2, 0.25) is 0 Å². The van der Waals surface area contributed by atoms with E-state index in [1.54, 1.807) is 0 Å². The summed E-state index contributed by atoms with van der Waals surface area (Å²) in [5.74, 6) is 5.74. The first kappa shape index (κ1) is 14.2. The normalized spacial score (nSPS) is 12.9. The zero-order chi connectivity index (χ0) is 13.8. The number of benzene rings is 1. The number of hydrazine groups is 1. The highest BCUT2D eigenvalue weighted by Gasteiger charge is 2.20. The fourth-order valence-corrected chi connectivity index (χ4v) is 2.72. The minimum Gasteiger partial charge on any atom is -0.271 e. The van der Waals surface area contributed by atoms with E-state index in [0.29, 0.717) is 6.04 Å². The molecule has 1 heterocycles. The topological polar surface area (TPSA) is 55.9 Å². The number of hydrogen-bond acceptors (Lipinski definition) is 3. The molecular formula is C14H19BrN4. The molecule has 0 saturated heterocycles. The Hall–Kier alpha value is -1.17. The molecule has 0 fully saturated rings. The molecule has 0 aliphatic heterocycles. The van der Waals surface area contributed by atoms with Gasteiger partial charge in [-0.3, -0.25) is 16.0 Å². The van der Waals surface area contributed by atoms with Crippen LogP contribution >= 0.6 is 15.9 Å². The summed E-state index contributed by atoms with van der Waals surface area (Å²) in [6.07, 6.45) is 2.65. The lowest BCUT2D eigenvalue weighted by molar-refractivity contribution is 0.446. The lowest BCUT2D eigenvalue weighted by Crippen LogP contribution is -2.32. The molecule has 2 rings (SSSR count). The smallest absolute Gasteiger partial charge is 0.0715 e. The number of nitrogens with two attached hydrogens (primary N) is 1. The van der Waals surface area contributed by atoms with Crippen LogP contribution in [-0.4, -0.2) is 9.78 Å². The molecule has 2 aromatic rings. The summed E-state index contributed by atoms with van der Waals surface area (Å²) in [5.41, 5.74) is 5.23. The van der Waals surface area contributed by atoms with Gasteiger partial charge < -0.3 is 0 Å². The van der Waals surface area contributed by atoms with Crippen molar-refractivity contribution >= 4 is 15.9 Å². The van der Waals surface area contributed by atoms with Gasteiger partial charge in [0.1, 0.15) is 0 Å². The van der Waals surface area contributed by atoms with Crippen LogP contribution in [0.2, 0.25) is 0 Å². The number of aromatic nitrogens is 2. The second-order valence-electron chi connectivity index (χ2n) is 4.83. The summed E-state index contributed by atoms with van der Waals surface area (Å²) in [5, 5.41) is 4.40. The summed E-state index contributed by atoms with van der Waals surface area (Å²) in [7, 11) is 0. The third kappa shape index (κ3) is 3.23. The Bertz CT molecular complexity index is 521. The highest BCUT2D eigenvalue weighted by atomic mass is 79.9. The van der Waals surface area contributed by atoms with Crippen LogP contribution < -0.4 is 11.3 Å². The lowest BCUT2D eigenvalue weighted by atomic mass is 10.0. The van der Waals surface area contributed by atoms with E-state index >= 15 is 0 Å². The maximum absolute atomic E-state index is 5.74. The summed E-state index contributed by atoms with van der Waals surface area (Å²) in [6.45, 7) is 4.22. The summed E-state index contributed by atoms with van der Waals surface area (Å²) < 4.78 is 2.98. The molecule has 0 radical (unpaired) electrons. The second kappa shape index (κ2) is 6.32. The van der Waals surface area contributed by atoms with E-state index in [0.717, 1.165) is 16.6 Å². The minimum atomic E-state index is 0.0293. The summed E-state index contributed by atoms with van der Waals surface area (Å²) in [6, 6.07) is 10.6. The molecule has 1 atom stereocenters. The SMILES string of the molecule is CC(C)n1ncc(Br)c1C(Cc1ccccc1)NN. The van der Waals surface area contributed by atoms with Gasteiger partial charge in [-0.15, -0.1) is 0 Å². The van der Waals surface area contributed by atoms with Crippen LogP contribution in [0, 0.1) is 0 Å². The first-order valence-corrected chi connectivity index (χ1v) is 7.15. The van der Waals surface area contributed by atoms with Crippen LogP contribution in [0.25, 0.3) is 0 Å². The first-order chi connectivity index (χ1) is 9.13. The molecule has 1 aromatic carbocycles. The van der Waals surface area contributed by atoms with Gasteiger partial charge in [0.05, 0.1) is 22.4 Å². The molecule has 4 nitrogen and oxygen atoms in total. The zero-order valence-electron chi connectivity index (χ0n) is 11.2. The molecule has 19 heavy (non-hydrogen) atoms. The van der Waals surface area contributed by atoms with Crippen molar-refractivity contribution in [3.05, 3.63) is 52.3 Å². The van der Waals surface area contributed by atoms with Gasteiger partial charge in [-0.05, 0) is 41.8 Å². The Morgan fingerprint density at radius 1 is 1.32 bits per heavy atom. The molecule has 0 spiro atoms. The maximum Gasteiger partial charge on any atom is 0.0715 e. The number of hydrogen-bond donors (Lipinski definition) is 2. The highest BCUT2D eigenvalue weighted by Crippen LogP contribution is 2.27. The van der Waals surface area contributed by atoms with Gasteiger partial charge in [-0.2, -0.15) is 5.10 Å². The number of halogens is 1. The molecule has 1 aromatic heterocycles. The number of rotatable bonds is 5. The fourth-order valence-electron chi connectivity index (χ4n) is 2.17. The number of nitrogens with zero attached hydrogens (tertiary/aromatic N) is 2. The van der Waals surface area contributed by atoms with Gasteiger partial charge in [0.25, 0.3) is 0 Å². The van der Waals surface area contributed by atoms with E-state index in [9.17, 15) is 0 Å². The molecule has 5 heteroatoms. The Morgan fingerprint density at radius 2 is 2.00 bits per heavy atom. The lowest BCUT2D eigenvalue weighted by Gasteiger charge is -2.20. The molecule has 0 amide bonds. The van der Waals surface area contributed by atoms with Crippen LogP contribution in [-0.2, 0) is 6.42 Å². The van der Waals surface area contributed by atoms with E-state index in [1.165, 1.54) is 5.56 Å². The largest absolute Gasteiger partial charge is 0.271 e. The van der Waals surface area contributed by atoms with Crippen LogP contribution in [0.4, 0.5) is 0 Å². The molecule has 0 aliphatic carbocycles. The van der Waals surface area contributed by atoms with E-state index in [-0.39, 0.29) is 6.04 Å². The average molecular weight is 323 g/mol. The Labute approximate surface area is 122 Å². The third-order valence-electron chi connectivity index (χ3n) is 3.09. The monoisotopic (exact) mass is 322 g/mol. The van der Waals surface area contributed by atoms with E-state index in [4.69, 9.17) is 5.84 Å². The predicted molar refractivity (Wildman–Crippen MR) is 80.5 cm³/mol. The molecule has 0 bridgehead atoms. The molecule has 1 unspecified atom stereocenters. The minimum absolute atomic E-state index is 0.0293. The summed E-state index contributed by atoms with van der Waals surface area (Å²) in [4.78, 5) is 0. The van der Waals surface area contributed by atoms with E-state index in [1.807, 2.05) is 29.1 Å². The zero-order valence-corrected chi connectivity index (χ0v) is 12.8.